The molecule has 2 rings (SSSR count). The monoisotopic (exact) mass is 225 g/mol. The molecule has 2 nitrogen and oxygen atoms in total. The van der Waals surface area contributed by atoms with Gasteiger partial charge in [-0.05, 0) is 52.4 Å². The minimum Gasteiger partial charge on any atom is -0.381 e. The average molecular weight is 225 g/mol. The van der Waals surface area contributed by atoms with E-state index in [2.05, 4.69) is 26.1 Å². The topological polar surface area (TPSA) is 21.3 Å². The van der Waals surface area contributed by atoms with Crippen molar-refractivity contribution in [3.8, 4) is 0 Å². The fourth-order valence-electron chi connectivity index (χ4n) is 2.94. The van der Waals surface area contributed by atoms with Crippen molar-refractivity contribution < 1.29 is 4.74 Å². The van der Waals surface area contributed by atoms with Crippen LogP contribution in [0.3, 0.4) is 0 Å². The Bertz CT molecular complexity index is 221. The Hall–Kier alpha value is -0.0800. The number of nitrogens with one attached hydrogen (secondary N) is 1. The summed E-state index contributed by atoms with van der Waals surface area (Å²) >= 11 is 0. The third-order valence-corrected chi connectivity index (χ3v) is 4.29. The predicted molar refractivity (Wildman–Crippen MR) is 67.6 cm³/mol. The van der Waals surface area contributed by atoms with Gasteiger partial charge in [-0.15, -0.1) is 0 Å². The number of rotatable bonds is 3. The van der Waals surface area contributed by atoms with Crippen molar-refractivity contribution >= 4 is 0 Å². The van der Waals surface area contributed by atoms with Crippen LogP contribution in [0.5, 0.6) is 0 Å². The van der Waals surface area contributed by atoms with Crippen LogP contribution < -0.4 is 5.32 Å². The molecule has 1 heterocycles. The molecule has 0 amide bonds. The van der Waals surface area contributed by atoms with Gasteiger partial charge in [-0.3, -0.25) is 0 Å². The zero-order valence-corrected chi connectivity index (χ0v) is 11.1. The highest BCUT2D eigenvalue weighted by Gasteiger charge is 2.43. The van der Waals surface area contributed by atoms with E-state index in [1.54, 1.807) is 0 Å². The smallest absolute Gasteiger partial charge is 0.0537 e. The minimum atomic E-state index is 0.230. The fourth-order valence-corrected chi connectivity index (χ4v) is 2.94. The van der Waals surface area contributed by atoms with Crippen molar-refractivity contribution in [3.63, 3.8) is 0 Å². The molecule has 0 spiro atoms. The van der Waals surface area contributed by atoms with E-state index in [4.69, 9.17) is 4.74 Å². The molecule has 0 aromatic rings. The van der Waals surface area contributed by atoms with Gasteiger partial charge in [0.2, 0.25) is 0 Å². The minimum absolute atomic E-state index is 0.230. The molecule has 0 aromatic heterocycles. The molecule has 1 saturated carbocycles. The zero-order chi connectivity index (χ0) is 11.6. The first kappa shape index (κ1) is 12.4. The van der Waals surface area contributed by atoms with E-state index in [0.717, 1.165) is 25.7 Å². The molecule has 94 valence electrons. The third kappa shape index (κ3) is 2.78. The summed E-state index contributed by atoms with van der Waals surface area (Å²) in [5, 5.41) is 3.70. The molecule has 16 heavy (non-hydrogen) atoms. The second kappa shape index (κ2) is 4.66. The van der Waals surface area contributed by atoms with Crippen LogP contribution in [-0.4, -0.2) is 25.3 Å². The van der Waals surface area contributed by atoms with Gasteiger partial charge in [-0.2, -0.15) is 0 Å². The van der Waals surface area contributed by atoms with Gasteiger partial charge in [0.15, 0.2) is 0 Å². The predicted octanol–water partition coefficient (Wildman–Crippen LogP) is 2.97. The van der Waals surface area contributed by atoms with Gasteiger partial charge in [-0.25, -0.2) is 0 Å². The molecule has 1 aliphatic heterocycles. The number of hydrogen-bond donors (Lipinski definition) is 1. The summed E-state index contributed by atoms with van der Waals surface area (Å²) in [6.07, 6.45) is 6.90. The van der Waals surface area contributed by atoms with Gasteiger partial charge < -0.3 is 10.1 Å². The highest BCUT2D eigenvalue weighted by molar-refractivity contribution is 4.95. The largest absolute Gasteiger partial charge is 0.381 e. The summed E-state index contributed by atoms with van der Waals surface area (Å²) in [5.74, 6) is 0.919. The molecule has 1 N–H and O–H groups in total. The Kier molecular flexibility index (Phi) is 3.60. The maximum absolute atomic E-state index is 5.77. The van der Waals surface area contributed by atoms with Crippen LogP contribution in [0.2, 0.25) is 0 Å². The molecule has 2 heteroatoms. The molecule has 2 fully saturated rings. The first-order valence-corrected chi connectivity index (χ1v) is 6.85. The summed E-state index contributed by atoms with van der Waals surface area (Å²) < 4.78 is 5.77. The highest BCUT2D eigenvalue weighted by Crippen LogP contribution is 2.46. The maximum atomic E-state index is 5.77. The van der Waals surface area contributed by atoms with Crippen molar-refractivity contribution in [2.24, 2.45) is 11.3 Å². The van der Waals surface area contributed by atoms with Crippen LogP contribution in [0.1, 0.15) is 52.9 Å². The van der Waals surface area contributed by atoms with E-state index in [0.29, 0.717) is 5.41 Å². The summed E-state index contributed by atoms with van der Waals surface area (Å²) in [4.78, 5) is 0. The summed E-state index contributed by atoms with van der Waals surface area (Å²) in [5.41, 5.74) is 0.679. The van der Waals surface area contributed by atoms with Crippen LogP contribution in [0.15, 0.2) is 0 Å². The highest BCUT2D eigenvalue weighted by atomic mass is 16.5. The first-order chi connectivity index (χ1) is 7.52. The summed E-state index contributed by atoms with van der Waals surface area (Å²) in [6, 6.07) is 0. The summed E-state index contributed by atoms with van der Waals surface area (Å²) in [6.45, 7) is 9.87. The molecular formula is C14H27NO. The van der Waals surface area contributed by atoms with Gasteiger partial charge in [0.25, 0.3) is 0 Å². The van der Waals surface area contributed by atoms with E-state index >= 15 is 0 Å². The Morgan fingerprint density at radius 3 is 2.44 bits per heavy atom. The molecule has 0 bridgehead atoms. The fraction of sp³-hybridized carbons (Fsp3) is 1.00. The number of hydrogen-bond acceptors (Lipinski definition) is 2. The van der Waals surface area contributed by atoms with E-state index in [1.165, 1.54) is 32.1 Å². The van der Waals surface area contributed by atoms with Crippen LogP contribution in [0.4, 0.5) is 0 Å². The van der Waals surface area contributed by atoms with Crippen LogP contribution in [0.25, 0.3) is 0 Å². The Labute approximate surface area is 100 Å². The van der Waals surface area contributed by atoms with Crippen molar-refractivity contribution in [1.82, 2.24) is 5.32 Å². The SMILES string of the molecule is CC(C)(C)NCC1(C2CCC2)CCCOC1. The normalized spacial score (nSPS) is 32.4. The lowest BCUT2D eigenvalue weighted by atomic mass is 9.62. The van der Waals surface area contributed by atoms with Crippen LogP contribution in [0, 0.1) is 11.3 Å². The molecule has 1 atom stereocenters. The van der Waals surface area contributed by atoms with E-state index in [-0.39, 0.29) is 5.54 Å². The molecule has 2 aliphatic rings. The van der Waals surface area contributed by atoms with E-state index in [9.17, 15) is 0 Å². The van der Waals surface area contributed by atoms with Crippen molar-refractivity contribution in [1.29, 1.82) is 0 Å². The lowest BCUT2D eigenvalue weighted by Crippen LogP contribution is -2.52. The van der Waals surface area contributed by atoms with Gasteiger partial charge in [-0.1, -0.05) is 6.42 Å². The Morgan fingerprint density at radius 1 is 1.25 bits per heavy atom. The van der Waals surface area contributed by atoms with Gasteiger partial charge in [0.1, 0.15) is 0 Å². The summed E-state index contributed by atoms with van der Waals surface area (Å²) in [7, 11) is 0. The van der Waals surface area contributed by atoms with Gasteiger partial charge in [0.05, 0.1) is 6.61 Å². The third-order valence-electron chi connectivity index (χ3n) is 4.29. The average Bonchev–Trinajstić information content (AvgIpc) is 2.13. The van der Waals surface area contributed by atoms with Crippen molar-refractivity contribution in [2.75, 3.05) is 19.8 Å². The van der Waals surface area contributed by atoms with Crippen LogP contribution in [-0.2, 0) is 4.74 Å². The lowest BCUT2D eigenvalue weighted by Gasteiger charge is -2.48. The van der Waals surface area contributed by atoms with Crippen molar-refractivity contribution in [3.05, 3.63) is 0 Å². The lowest BCUT2D eigenvalue weighted by molar-refractivity contribution is -0.0653. The molecule has 1 saturated heterocycles. The zero-order valence-electron chi connectivity index (χ0n) is 11.1. The Balaban J connectivity index is 1.96. The first-order valence-electron chi connectivity index (χ1n) is 6.85. The quantitative estimate of drug-likeness (QED) is 0.797. The molecule has 1 aliphatic carbocycles. The maximum Gasteiger partial charge on any atom is 0.0537 e. The van der Waals surface area contributed by atoms with Crippen molar-refractivity contribution in [2.45, 2.75) is 58.4 Å². The van der Waals surface area contributed by atoms with E-state index in [1.807, 2.05) is 0 Å². The second-order valence-corrected chi connectivity index (χ2v) is 6.75. The molecular weight excluding hydrogens is 198 g/mol. The van der Waals surface area contributed by atoms with Gasteiger partial charge >= 0.3 is 0 Å². The molecule has 0 radical (unpaired) electrons. The van der Waals surface area contributed by atoms with Gasteiger partial charge in [0, 0.05) is 24.1 Å². The van der Waals surface area contributed by atoms with E-state index < -0.39 is 0 Å². The van der Waals surface area contributed by atoms with Crippen LogP contribution >= 0.6 is 0 Å². The molecule has 1 unspecified atom stereocenters. The number of ether oxygens (including phenoxy) is 1. The Morgan fingerprint density at radius 2 is 2.00 bits per heavy atom. The molecule has 0 aromatic carbocycles. The standard InChI is InChI=1S/C14H27NO/c1-13(2,3)15-10-14(12-6-4-7-12)8-5-9-16-11-14/h12,15H,4-11H2,1-3H3. The second-order valence-electron chi connectivity index (χ2n) is 6.75.